The summed E-state index contributed by atoms with van der Waals surface area (Å²) >= 11 is 12.2. The molecule has 11 heteroatoms. The predicted octanol–water partition coefficient (Wildman–Crippen LogP) is 3.51. The first kappa shape index (κ1) is 22.6. The molecule has 1 fully saturated rings. The van der Waals surface area contributed by atoms with Crippen molar-refractivity contribution in [3.05, 3.63) is 62.7 Å². The van der Waals surface area contributed by atoms with Crippen LogP contribution in [0.4, 0.5) is 0 Å². The number of H-pyrrole nitrogens is 1. The molecule has 0 unspecified atom stereocenters. The largest absolute Gasteiger partial charge is 0.477 e. The standard InChI is InChI=1S/C19H18Cl2N4O4.ClH/c20-14-4-3-11(8-15(14)21)16-12(9-22-6-7-27-16)10-28-18-13(2-1-5-23-18)17-24-19(26)29-25-17;/h1-5,8,12,16,22H,6-7,9-10H2,(H,24,25,26);1H/t12-,16-;/m0./s1. The van der Waals surface area contributed by atoms with Crippen molar-refractivity contribution in [3.63, 3.8) is 0 Å². The lowest BCUT2D eigenvalue weighted by molar-refractivity contribution is 0.0148. The van der Waals surface area contributed by atoms with Crippen molar-refractivity contribution in [1.82, 2.24) is 20.4 Å². The summed E-state index contributed by atoms with van der Waals surface area (Å²) < 4.78 is 16.7. The van der Waals surface area contributed by atoms with Crippen LogP contribution in [0.25, 0.3) is 11.4 Å². The molecule has 1 aliphatic rings. The second-order valence-electron chi connectivity index (χ2n) is 6.54. The molecule has 2 aromatic heterocycles. The summed E-state index contributed by atoms with van der Waals surface area (Å²) in [5.41, 5.74) is 1.46. The quantitative estimate of drug-likeness (QED) is 0.584. The highest BCUT2D eigenvalue weighted by Gasteiger charge is 2.28. The van der Waals surface area contributed by atoms with Crippen LogP contribution in [0, 0.1) is 5.92 Å². The summed E-state index contributed by atoms with van der Waals surface area (Å²) in [7, 11) is 0. The molecule has 4 rings (SSSR count). The Labute approximate surface area is 188 Å². The third-order valence-electron chi connectivity index (χ3n) is 4.58. The van der Waals surface area contributed by atoms with E-state index in [1.165, 1.54) is 0 Å². The van der Waals surface area contributed by atoms with E-state index in [1.807, 2.05) is 12.1 Å². The molecule has 1 saturated heterocycles. The third kappa shape index (κ3) is 5.14. The highest BCUT2D eigenvalue weighted by Crippen LogP contribution is 2.33. The fourth-order valence-corrected chi connectivity index (χ4v) is 3.52. The molecule has 0 aliphatic carbocycles. The lowest BCUT2D eigenvalue weighted by Crippen LogP contribution is -2.29. The molecule has 2 N–H and O–H groups in total. The van der Waals surface area contributed by atoms with Gasteiger partial charge < -0.3 is 14.8 Å². The van der Waals surface area contributed by atoms with Gasteiger partial charge in [0.05, 0.1) is 34.9 Å². The highest BCUT2D eigenvalue weighted by molar-refractivity contribution is 6.42. The smallest absolute Gasteiger partial charge is 0.439 e. The Morgan fingerprint density at radius 1 is 1.23 bits per heavy atom. The van der Waals surface area contributed by atoms with Gasteiger partial charge in [-0.1, -0.05) is 34.4 Å². The average molecular weight is 474 g/mol. The molecule has 1 aliphatic heterocycles. The minimum atomic E-state index is -0.643. The van der Waals surface area contributed by atoms with Gasteiger partial charge in [-0.15, -0.1) is 12.4 Å². The first-order chi connectivity index (χ1) is 14.1. The number of rotatable bonds is 5. The lowest BCUT2D eigenvalue weighted by atomic mass is 9.96. The molecule has 0 bridgehead atoms. The molecule has 3 aromatic rings. The van der Waals surface area contributed by atoms with Crippen molar-refractivity contribution >= 4 is 35.6 Å². The van der Waals surface area contributed by atoms with Gasteiger partial charge >= 0.3 is 5.76 Å². The van der Waals surface area contributed by atoms with Crippen molar-refractivity contribution in [2.75, 3.05) is 26.3 Å². The Morgan fingerprint density at radius 2 is 2.10 bits per heavy atom. The Hall–Kier alpha value is -2.10. The predicted molar refractivity (Wildman–Crippen MR) is 115 cm³/mol. The third-order valence-corrected chi connectivity index (χ3v) is 5.32. The molecular weight excluding hydrogens is 455 g/mol. The maximum Gasteiger partial charge on any atom is 0.439 e. The molecule has 30 heavy (non-hydrogen) atoms. The van der Waals surface area contributed by atoms with Gasteiger partial charge in [-0.25, -0.2) is 9.78 Å². The van der Waals surface area contributed by atoms with Gasteiger partial charge in [-0.2, -0.15) is 0 Å². The van der Waals surface area contributed by atoms with Gasteiger partial charge in [-0.05, 0) is 29.8 Å². The Bertz CT molecular complexity index is 1040. The van der Waals surface area contributed by atoms with Crippen LogP contribution in [0.1, 0.15) is 11.7 Å². The van der Waals surface area contributed by atoms with E-state index in [-0.39, 0.29) is 30.3 Å². The fourth-order valence-electron chi connectivity index (χ4n) is 3.21. The van der Waals surface area contributed by atoms with Gasteiger partial charge in [0.2, 0.25) is 5.88 Å². The number of nitrogens with one attached hydrogen (secondary N) is 2. The molecule has 2 atom stereocenters. The molecular formula is C19H19Cl3N4O4. The minimum Gasteiger partial charge on any atom is -0.477 e. The fraction of sp³-hybridized carbons (Fsp3) is 0.316. The molecule has 0 radical (unpaired) electrons. The van der Waals surface area contributed by atoms with E-state index in [4.69, 9.17) is 32.7 Å². The molecule has 160 valence electrons. The SMILES string of the molecule is Cl.O=c1[nH]c(-c2cccnc2OC[C@@H]2CNCCO[C@H]2c2ccc(Cl)c(Cl)c2)no1. The second-order valence-corrected chi connectivity index (χ2v) is 7.35. The summed E-state index contributed by atoms with van der Waals surface area (Å²) in [4.78, 5) is 18.1. The van der Waals surface area contributed by atoms with Crippen LogP contribution in [-0.4, -0.2) is 41.4 Å². The monoisotopic (exact) mass is 472 g/mol. The zero-order valence-electron chi connectivity index (χ0n) is 15.6. The van der Waals surface area contributed by atoms with E-state index in [9.17, 15) is 4.79 Å². The van der Waals surface area contributed by atoms with Crippen LogP contribution in [0.5, 0.6) is 5.88 Å². The van der Waals surface area contributed by atoms with Crippen LogP contribution in [-0.2, 0) is 4.74 Å². The van der Waals surface area contributed by atoms with Gasteiger partial charge in [-0.3, -0.25) is 9.51 Å². The summed E-state index contributed by atoms with van der Waals surface area (Å²) in [6.07, 6.45) is 1.38. The van der Waals surface area contributed by atoms with Crippen molar-refractivity contribution in [2.24, 2.45) is 5.92 Å². The normalized spacial score (nSPS) is 19.0. The van der Waals surface area contributed by atoms with Crippen molar-refractivity contribution in [1.29, 1.82) is 0 Å². The summed E-state index contributed by atoms with van der Waals surface area (Å²) in [5, 5.41) is 8.03. The molecule has 3 heterocycles. The number of aromatic amines is 1. The van der Waals surface area contributed by atoms with Crippen molar-refractivity contribution < 1.29 is 14.0 Å². The van der Waals surface area contributed by atoms with E-state index < -0.39 is 5.76 Å². The molecule has 1 aromatic carbocycles. The molecule has 0 saturated carbocycles. The van der Waals surface area contributed by atoms with E-state index in [0.717, 1.165) is 12.1 Å². The van der Waals surface area contributed by atoms with Crippen LogP contribution in [0.15, 0.2) is 45.8 Å². The van der Waals surface area contributed by atoms with E-state index >= 15 is 0 Å². The van der Waals surface area contributed by atoms with Gasteiger partial charge in [0.1, 0.15) is 0 Å². The molecule has 0 spiro atoms. The van der Waals surface area contributed by atoms with E-state index in [1.54, 1.807) is 24.4 Å². The second kappa shape index (κ2) is 10.3. The minimum absolute atomic E-state index is 0. The number of pyridine rings is 1. The number of halogens is 3. The Kier molecular flexibility index (Phi) is 7.74. The zero-order chi connectivity index (χ0) is 20.2. The number of ether oxygens (including phenoxy) is 2. The number of nitrogens with zero attached hydrogens (tertiary/aromatic N) is 2. The summed E-state index contributed by atoms with van der Waals surface area (Å²) in [6.45, 7) is 2.32. The van der Waals surface area contributed by atoms with Crippen molar-refractivity contribution in [3.8, 4) is 17.3 Å². The number of hydrogen-bond donors (Lipinski definition) is 2. The zero-order valence-corrected chi connectivity index (χ0v) is 18.0. The van der Waals surface area contributed by atoms with Gasteiger partial charge in [0.25, 0.3) is 0 Å². The molecule has 0 amide bonds. The maximum atomic E-state index is 11.3. The number of benzene rings is 1. The average Bonchev–Trinajstić information content (AvgIpc) is 3.02. The summed E-state index contributed by atoms with van der Waals surface area (Å²) in [6, 6.07) is 8.96. The van der Waals surface area contributed by atoms with Crippen molar-refractivity contribution in [2.45, 2.75) is 6.10 Å². The summed E-state index contributed by atoms with van der Waals surface area (Å²) in [5.74, 6) is -0.0552. The first-order valence-corrected chi connectivity index (χ1v) is 9.79. The first-order valence-electron chi connectivity index (χ1n) is 9.03. The maximum absolute atomic E-state index is 11.3. The van der Waals surface area contributed by atoms with E-state index in [0.29, 0.717) is 41.2 Å². The van der Waals surface area contributed by atoms with Crippen LogP contribution < -0.4 is 15.8 Å². The van der Waals surface area contributed by atoms with E-state index in [2.05, 4.69) is 25.0 Å². The highest BCUT2D eigenvalue weighted by atomic mass is 35.5. The van der Waals surface area contributed by atoms with Gasteiger partial charge in [0.15, 0.2) is 5.82 Å². The van der Waals surface area contributed by atoms with Crippen LogP contribution in [0.2, 0.25) is 10.0 Å². The van der Waals surface area contributed by atoms with Gasteiger partial charge in [0, 0.05) is 25.2 Å². The Balaban J connectivity index is 0.00000256. The Morgan fingerprint density at radius 3 is 2.87 bits per heavy atom. The number of aromatic nitrogens is 3. The number of hydrogen-bond acceptors (Lipinski definition) is 7. The lowest BCUT2D eigenvalue weighted by Gasteiger charge is -2.25. The topological polar surface area (TPSA) is 102 Å². The molecule has 8 nitrogen and oxygen atoms in total. The van der Waals surface area contributed by atoms with Crippen LogP contribution in [0.3, 0.4) is 0 Å². The van der Waals surface area contributed by atoms with Crippen LogP contribution >= 0.6 is 35.6 Å².